The minimum atomic E-state index is -0.305. The van der Waals surface area contributed by atoms with E-state index in [4.69, 9.17) is 0 Å². The lowest BCUT2D eigenvalue weighted by Gasteiger charge is -2.06. The number of oxime groups is 1. The van der Waals surface area contributed by atoms with Gasteiger partial charge in [0.05, 0.1) is 11.0 Å². The van der Waals surface area contributed by atoms with Gasteiger partial charge in [-0.1, -0.05) is 47.6 Å². The number of halogens is 1. The van der Waals surface area contributed by atoms with Crippen molar-refractivity contribution in [2.45, 2.75) is 0 Å². The van der Waals surface area contributed by atoms with Crippen LogP contribution in [0.4, 0.5) is 4.39 Å². The molecule has 5 heteroatoms. The molecule has 0 amide bonds. The summed E-state index contributed by atoms with van der Waals surface area (Å²) in [6, 6.07) is 18.1. The quantitative estimate of drug-likeness (QED) is 0.349. The topological polar surface area (TPSA) is 61.3 Å². The van der Waals surface area contributed by atoms with Crippen LogP contribution in [0.1, 0.15) is 11.1 Å². The molecule has 2 N–H and O–H groups in total. The van der Waals surface area contributed by atoms with Crippen LogP contribution in [0.2, 0.25) is 0 Å². The van der Waals surface area contributed by atoms with E-state index in [2.05, 4.69) is 15.1 Å². The fourth-order valence-electron chi connectivity index (χ4n) is 3.51. The SMILES string of the molecule is ON=C1c2ccccc2-c2c1cccc2-c1nc2ccc(F)cc2[nH]1. The molecular weight excluding hydrogens is 317 g/mol. The molecule has 0 saturated carbocycles. The summed E-state index contributed by atoms with van der Waals surface area (Å²) in [6.45, 7) is 0. The van der Waals surface area contributed by atoms with Crippen molar-refractivity contribution in [3.63, 3.8) is 0 Å². The number of aromatic amines is 1. The molecule has 1 aliphatic rings. The molecule has 0 radical (unpaired) electrons. The number of benzene rings is 3. The molecule has 4 nitrogen and oxygen atoms in total. The average molecular weight is 329 g/mol. The highest BCUT2D eigenvalue weighted by molar-refractivity contribution is 6.26. The molecule has 1 heterocycles. The maximum absolute atomic E-state index is 13.5. The van der Waals surface area contributed by atoms with Gasteiger partial charge in [-0.25, -0.2) is 9.37 Å². The monoisotopic (exact) mass is 329 g/mol. The predicted molar refractivity (Wildman–Crippen MR) is 94.3 cm³/mol. The number of hydrogen-bond acceptors (Lipinski definition) is 3. The predicted octanol–water partition coefficient (Wildman–Crippen LogP) is 4.58. The van der Waals surface area contributed by atoms with Gasteiger partial charge in [-0.15, -0.1) is 0 Å². The van der Waals surface area contributed by atoms with Crippen molar-refractivity contribution in [3.8, 4) is 22.5 Å². The number of nitrogens with zero attached hydrogens (tertiary/aromatic N) is 2. The second-order valence-electron chi connectivity index (χ2n) is 5.97. The van der Waals surface area contributed by atoms with Crippen LogP contribution >= 0.6 is 0 Å². The van der Waals surface area contributed by atoms with E-state index in [1.165, 1.54) is 12.1 Å². The first-order chi connectivity index (χ1) is 12.3. The van der Waals surface area contributed by atoms with Gasteiger partial charge in [0.15, 0.2) is 0 Å². The van der Waals surface area contributed by atoms with Crippen LogP contribution in [0.25, 0.3) is 33.5 Å². The zero-order valence-electron chi connectivity index (χ0n) is 13.0. The Morgan fingerprint density at radius 2 is 1.64 bits per heavy atom. The number of rotatable bonds is 1. The summed E-state index contributed by atoms with van der Waals surface area (Å²) in [7, 11) is 0. The molecule has 1 aliphatic carbocycles. The van der Waals surface area contributed by atoms with Crippen LogP contribution in [0.5, 0.6) is 0 Å². The Kier molecular flexibility index (Phi) is 2.79. The second-order valence-corrected chi connectivity index (χ2v) is 5.97. The van der Waals surface area contributed by atoms with Crippen molar-refractivity contribution in [3.05, 3.63) is 77.6 Å². The molecule has 25 heavy (non-hydrogen) atoms. The molecule has 5 rings (SSSR count). The maximum atomic E-state index is 13.5. The van der Waals surface area contributed by atoms with Gasteiger partial charge in [0.25, 0.3) is 0 Å². The molecule has 120 valence electrons. The summed E-state index contributed by atoms with van der Waals surface area (Å²) in [5.41, 5.74) is 6.49. The van der Waals surface area contributed by atoms with Crippen molar-refractivity contribution >= 4 is 16.7 Å². The molecule has 0 saturated heterocycles. The molecule has 0 fully saturated rings. The largest absolute Gasteiger partial charge is 0.410 e. The Balaban J connectivity index is 1.82. The van der Waals surface area contributed by atoms with Crippen molar-refractivity contribution in [1.82, 2.24) is 9.97 Å². The van der Waals surface area contributed by atoms with Gasteiger partial charge >= 0.3 is 0 Å². The summed E-state index contributed by atoms with van der Waals surface area (Å²) < 4.78 is 13.5. The van der Waals surface area contributed by atoms with Crippen LogP contribution in [-0.4, -0.2) is 20.9 Å². The van der Waals surface area contributed by atoms with Crippen molar-refractivity contribution in [2.24, 2.45) is 5.16 Å². The van der Waals surface area contributed by atoms with E-state index in [1.807, 2.05) is 42.5 Å². The molecular formula is C20H12FN3O. The molecule has 0 spiro atoms. The lowest BCUT2D eigenvalue weighted by Crippen LogP contribution is -1.97. The van der Waals surface area contributed by atoms with E-state index in [-0.39, 0.29) is 5.82 Å². The highest BCUT2D eigenvalue weighted by Gasteiger charge is 2.28. The summed E-state index contributed by atoms with van der Waals surface area (Å²) in [5.74, 6) is 0.354. The van der Waals surface area contributed by atoms with Crippen LogP contribution in [0.3, 0.4) is 0 Å². The lowest BCUT2D eigenvalue weighted by atomic mass is 9.99. The number of aromatic nitrogens is 2. The Morgan fingerprint density at radius 1 is 0.880 bits per heavy atom. The van der Waals surface area contributed by atoms with Gasteiger partial charge < -0.3 is 10.2 Å². The van der Waals surface area contributed by atoms with E-state index in [9.17, 15) is 9.60 Å². The minimum absolute atomic E-state index is 0.305. The Hall–Kier alpha value is -3.47. The first kappa shape index (κ1) is 13.9. The Labute approximate surface area is 142 Å². The number of nitrogens with one attached hydrogen (secondary N) is 1. The van der Waals surface area contributed by atoms with Crippen molar-refractivity contribution in [1.29, 1.82) is 0 Å². The van der Waals surface area contributed by atoms with Crippen LogP contribution in [0.15, 0.2) is 65.8 Å². The van der Waals surface area contributed by atoms with E-state index < -0.39 is 0 Å². The third kappa shape index (κ3) is 1.92. The first-order valence-electron chi connectivity index (χ1n) is 7.87. The highest BCUT2D eigenvalue weighted by atomic mass is 19.1. The van der Waals surface area contributed by atoms with E-state index in [0.29, 0.717) is 22.6 Å². The maximum Gasteiger partial charge on any atom is 0.139 e. The number of fused-ring (bicyclic) bond motifs is 4. The number of imidazole rings is 1. The normalized spacial score (nSPS) is 14.0. The molecule has 0 aliphatic heterocycles. The van der Waals surface area contributed by atoms with Crippen LogP contribution in [-0.2, 0) is 0 Å². The van der Waals surface area contributed by atoms with Gasteiger partial charge in [-0.2, -0.15) is 0 Å². The molecule has 4 aromatic rings. The Morgan fingerprint density at radius 3 is 2.48 bits per heavy atom. The molecule has 3 aromatic carbocycles. The van der Waals surface area contributed by atoms with Gasteiger partial charge in [-0.05, 0) is 23.8 Å². The van der Waals surface area contributed by atoms with Crippen LogP contribution < -0.4 is 0 Å². The second kappa shape index (κ2) is 5.01. The lowest BCUT2D eigenvalue weighted by molar-refractivity contribution is 0.320. The molecule has 0 bridgehead atoms. The van der Waals surface area contributed by atoms with Gasteiger partial charge in [0.1, 0.15) is 17.4 Å². The number of hydrogen-bond donors (Lipinski definition) is 2. The standard InChI is InChI=1S/C20H12FN3O/c21-11-8-9-16-17(10-11)23-20(22-16)15-7-3-6-14-18(15)12-4-1-2-5-13(12)19(14)24-25/h1-10,25H,(H,22,23). The van der Waals surface area contributed by atoms with Crippen molar-refractivity contribution < 1.29 is 9.60 Å². The smallest absolute Gasteiger partial charge is 0.139 e. The molecule has 1 aromatic heterocycles. The van der Waals surface area contributed by atoms with Crippen molar-refractivity contribution in [2.75, 3.05) is 0 Å². The fourth-order valence-corrected chi connectivity index (χ4v) is 3.51. The summed E-state index contributed by atoms with van der Waals surface area (Å²) >= 11 is 0. The highest BCUT2D eigenvalue weighted by Crippen LogP contribution is 2.42. The minimum Gasteiger partial charge on any atom is -0.410 e. The zero-order chi connectivity index (χ0) is 17.0. The average Bonchev–Trinajstić information content (AvgIpc) is 3.19. The van der Waals surface area contributed by atoms with E-state index in [1.54, 1.807) is 6.07 Å². The number of H-pyrrole nitrogens is 1. The third-order valence-corrected chi connectivity index (χ3v) is 4.57. The first-order valence-corrected chi connectivity index (χ1v) is 7.87. The fraction of sp³-hybridized carbons (Fsp3) is 0. The zero-order valence-corrected chi connectivity index (χ0v) is 13.0. The van der Waals surface area contributed by atoms with E-state index >= 15 is 0 Å². The Bertz CT molecular complexity index is 1180. The van der Waals surface area contributed by atoms with Gasteiger partial charge in [0, 0.05) is 22.3 Å². The van der Waals surface area contributed by atoms with Gasteiger partial charge in [0.2, 0.25) is 0 Å². The molecule has 0 atom stereocenters. The summed E-state index contributed by atoms with van der Waals surface area (Å²) in [6.07, 6.45) is 0. The summed E-state index contributed by atoms with van der Waals surface area (Å²) in [5, 5.41) is 13.0. The van der Waals surface area contributed by atoms with Crippen LogP contribution in [0, 0.1) is 5.82 Å². The van der Waals surface area contributed by atoms with Gasteiger partial charge in [-0.3, -0.25) is 0 Å². The summed E-state index contributed by atoms with van der Waals surface area (Å²) in [4.78, 5) is 7.79. The third-order valence-electron chi connectivity index (χ3n) is 4.57. The molecule has 0 unspecified atom stereocenters. The van der Waals surface area contributed by atoms with E-state index in [0.717, 1.165) is 27.8 Å².